The molecule has 0 aliphatic carbocycles. The van der Waals surface area contributed by atoms with Crippen LogP contribution in [0.5, 0.6) is 0 Å². The number of rotatable bonds is 2. The van der Waals surface area contributed by atoms with Crippen LogP contribution in [0.25, 0.3) is 10.9 Å². The topological polar surface area (TPSA) is 64.5 Å². The summed E-state index contributed by atoms with van der Waals surface area (Å²) in [5.41, 5.74) is -0.311. The van der Waals surface area contributed by atoms with Crippen molar-refractivity contribution in [2.75, 3.05) is 0 Å². The van der Waals surface area contributed by atoms with Crippen molar-refractivity contribution < 1.29 is 18.8 Å². The van der Waals surface area contributed by atoms with Gasteiger partial charge in [-0.05, 0) is 65.6 Å². The minimum absolute atomic E-state index is 0.172. The van der Waals surface area contributed by atoms with Gasteiger partial charge in [-0.3, -0.25) is 0 Å². The summed E-state index contributed by atoms with van der Waals surface area (Å²) in [4.78, 5) is 0. The van der Waals surface area contributed by atoms with Crippen molar-refractivity contribution in [2.24, 2.45) is 0 Å². The highest BCUT2D eigenvalue weighted by molar-refractivity contribution is 6.62. The summed E-state index contributed by atoms with van der Waals surface area (Å²) in [6.07, 6.45) is 0. The van der Waals surface area contributed by atoms with Crippen LogP contribution in [-0.2, 0) is 14.9 Å². The zero-order valence-electron chi connectivity index (χ0n) is 15.8. The fourth-order valence-electron chi connectivity index (χ4n) is 3.01. The monoisotopic (exact) mass is 346 g/mol. The molecule has 1 N–H and O–H groups in total. The second-order valence-corrected chi connectivity index (χ2v) is 8.22. The fourth-order valence-corrected chi connectivity index (χ4v) is 3.01. The molecule has 5 nitrogen and oxygen atoms in total. The zero-order valence-corrected chi connectivity index (χ0v) is 15.8. The van der Waals surface area contributed by atoms with Gasteiger partial charge in [0.1, 0.15) is 11.1 Å². The molecule has 3 rings (SSSR count). The summed E-state index contributed by atoms with van der Waals surface area (Å²) < 4.78 is 26.7. The van der Waals surface area contributed by atoms with Gasteiger partial charge in [-0.2, -0.15) is 5.10 Å². The highest BCUT2D eigenvalue weighted by atomic mass is 19.1. The van der Waals surface area contributed by atoms with Crippen LogP contribution in [0.1, 0.15) is 52.8 Å². The highest BCUT2D eigenvalue weighted by Gasteiger charge is 2.51. The zero-order chi connectivity index (χ0) is 18.8. The molecule has 134 valence electrons. The van der Waals surface area contributed by atoms with Crippen LogP contribution in [0, 0.1) is 12.7 Å². The molecular weight excluding hydrogens is 322 g/mol. The Morgan fingerprint density at radius 1 is 1.08 bits per heavy atom. The average molecular weight is 346 g/mol. The van der Waals surface area contributed by atoms with E-state index in [1.165, 1.54) is 6.07 Å². The molecule has 1 fully saturated rings. The number of fused-ring (bicyclic) bond motifs is 1. The van der Waals surface area contributed by atoms with Crippen LogP contribution in [0.3, 0.4) is 0 Å². The maximum Gasteiger partial charge on any atom is 0.494 e. The van der Waals surface area contributed by atoms with Gasteiger partial charge in [0.15, 0.2) is 5.82 Å². The molecule has 0 unspecified atom stereocenters. The SMILES string of the molecule is Cc1c(C(C)(C)O)nnc2c(F)cc(B3OC(C)(C)C(C)(C)O3)cc12. The Kier molecular flexibility index (Phi) is 3.98. The summed E-state index contributed by atoms with van der Waals surface area (Å²) in [7, 11) is -0.665. The summed E-state index contributed by atoms with van der Waals surface area (Å²) in [6, 6.07) is 3.18. The molecule has 25 heavy (non-hydrogen) atoms. The third-order valence-corrected chi connectivity index (χ3v) is 5.20. The van der Waals surface area contributed by atoms with Crippen molar-refractivity contribution in [3.63, 3.8) is 0 Å². The van der Waals surface area contributed by atoms with Crippen LogP contribution >= 0.6 is 0 Å². The van der Waals surface area contributed by atoms with Crippen LogP contribution < -0.4 is 5.46 Å². The second-order valence-electron chi connectivity index (χ2n) is 8.22. The van der Waals surface area contributed by atoms with E-state index in [1.807, 2.05) is 27.7 Å². The molecule has 1 aromatic heterocycles. The number of benzene rings is 1. The first-order chi connectivity index (χ1) is 11.3. The fraction of sp³-hybridized carbons (Fsp3) is 0.556. The Bertz CT molecular complexity index is 830. The quantitative estimate of drug-likeness (QED) is 0.847. The molecule has 1 aromatic carbocycles. The number of hydrogen-bond donors (Lipinski definition) is 1. The van der Waals surface area contributed by atoms with Gasteiger partial charge in [-0.1, -0.05) is 6.07 Å². The molecule has 1 saturated heterocycles. The molecule has 0 amide bonds. The van der Waals surface area contributed by atoms with Gasteiger partial charge in [-0.25, -0.2) is 4.39 Å². The van der Waals surface area contributed by atoms with Gasteiger partial charge in [0.2, 0.25) is 0 Å². The minimum Gasteiger partial charge on any atom is -0.399 e. The van der Waals surface area contributed by atoms with E-state index in [9.17, 15) is 9.50 Å². The maximum atomic E-state index is 14.6. The number of aromatic nitrogens is 2. The number of halogens is 1. The second kappa shape index (κ2) is 5.46. The van der Waals surface area contributed by atoms with Crippen LogP contribution in [0.2, 0.25) is 0 Å². The van der Waals surface area contributed by atoms with Gasteiger partial charge in [0.25, 0.3) is 0 Å². The van der Waals surface area contributed by atoms with E-state index in [0.717, 1.165) is 0 Å². The predicted molar refractivity (Wildman–Crippen MR) is 95.2 cm³/mol. The highest BCUT2D eigenvalue weighted by Crippen LogP contribution is 2.37. The van der Waals surface area contributed by atoms with E-state index in [-0.39, 0.29) is 5.52 Å². The summed E-state index contributed by atoms with van der Waals surface area (Å²) in [5.74, 6) is -0.486. The van der Waals surface area contributed by atoms with E-state index in [4.69, 9.17) is 9.31 Å². The van der Waals surface area contributed by atoms with Crippen molar-refractivity contribution in [3.8, 4) is 0 Å². The van der Waals surface area contributed by atoms with Gasteiger partial charge >= 0.3 is 7.12 Å². The maximum absolute atomic E-state index is 14.6. The van der Waals surface area contributed by atoms with Gasteiger partial charge in [0, 0.05) is 5.39 Å². The average Bonchev–Trinajstić information content (AvgIpc) is 2.67. The molecule has 2 heterocycles. The molecule has 1 aliphatic rings. The first-order valence-corrected chi connectivity index (χ1v) is 8.38. The van der Waals surface area contributed by atoms with E-state index in [0.29, 0.717) is 22.1 Å². The molecular formula is C18H24BFN2O3. The third kappa shape index (κ3) is 2.94. The van der Waals surface area contributed by atoms with Gasteiger partial charge < -0.3 is 14.4 Å². The molecule has 1 aliphatic heterocycles. The van der Waals surface area contributed by atoms with Crippen molar-refractivity contribution in [1.29, 1.82) is 0 Å². The minimum atomic E-state index is -1.16. The number of nitrogens with zero attached hydrogens (tertiary/aromatic N) is 2. The summed E-state index contributed by atoms with van der Waals surface area (Å²) in [6.45, 7) is 12.9. The standard InChI is InChI=1S/C18H24BFN2O3/c1-10-12-8-11(19-24-17(4,5)18(6,7)25-19)9-13(20)14(12)21-22-15(10)16(2,3)23/h8-9,23H,1-7H3. The number of hydrogen-bond acceptors (Lipinski definition) is 5. The van der Waals surface area contributed by atoms with Crippen LogP contribution in [0.15, 0.2) is 12.1 Å². The number of aryl methyl sites for hydroxylation is 1. The molecule has 0 bridgehead atoms. The van der Waals surface area contributed by atoms with Crippen molar-refractivity contribution in [2.45, 2.75) is 65.3 Å². The molecule has 7 heteroatoms. The summed E-state index contributed by atoms with van der Waals surface area (Å²) in [5, 5.41) is 18.8. The van der Waals surface area contributed by atoms with Crippen molar-refractivity contribution in [1.82, 2.24) is 10.2 Å². The Labute approximate surface area is 147 Å². The van der Waals surface area contributed by atoms with E-state index < -0.39 is 29.7 Å². The Morgan fingerprint density at radius 3 is 2.16 bits per heavy atom. The van der Waals surface area contributed by atoms with Crippen molar-refractivity contribution >= 4 is 23.5 Å². The summed E-state index contributed by atoms with van der Waals surface area (Å²) >= 11 is 0. The Morgan fingerprint density at radius 2 is 1.64 bits per heavy atom. The molecule has 2 aromatic rings. The van der Waals surface area contributed by atoms with Gasteiger partial charge in [0.05, 0.1) is 16.9 Å². The van der Waals surface area contributed by atoms with E-state index in [2.05, 4.69) is 10.2 Å². The first-order valence-electron chi connectivity index (χ1n) is 8.38. The first kappa shape index (κ1) is 18.2. The lowest BCUT2D eigenvalue weighted by molar-refractivity contribution is 0.00578. The lowest BCUT2D eigenvalue weighted by atomic mass is 9.78. The molecule has 0 spiro atoms. The van der Waals surface area contributed by atoms with Gasteiger partial charge in [-0.15, -0.1) is 5.10 Å². The Hall–Kier alpha value is -1.57. The molecule has 0 atom stereocenters. The lowest BCUT2D eigenvalue weighted by Gasteiger charge is -2.32. The third-order valence-electron chi connectivity index (χ3n) is 5.20. The number of aliphatic hydroxyl groups is 1. The smallest absolute Gasteiger partial charge is 0.399 e. The normalized spacial score (nSPS) is 19.6. The molecule has 0 radical (unpaired) electrons. The van der Waals surface area contributed by atoms with E-state index >= 15 is 0 Å². The Balaban J connectivity index is 2.15. The lowest BCUT2D eigenvalue weighted by Crippen LogP contribution is -2.41. The predicted octanol–water partition coefficient (Wildman–Crippen LogP) is 2.60. The largest absolute Gasteiger partial charge is 0.494 e. The van der Waals surface area contributed by atoms with Crippen LogP contribution in [0.4, 0.5) is 4.39 Å². The van der Waals surface area contributed by atoms with Crippen molar-refractivity contribution in [3.05, 3.63) is 29.2 Å². The van der Waals surface area contributed by atoms with E-state index in [1.54, 1.807) is 26.8 Å². The van der Waals surface area contributed by atoms with Crippen LogP contribution in [-0.4, -0.2) is 33.6 Å². The molecule has 0 saturated carbocycles.